The molecule has 0 atom stereocenters. The van der Waals surface area contributed by atoms with Gasteiger partial charge in [0, 0.05) is 10.5 Å². The van der Waals surface area contributed by atoms with Crippen molar-refractivity contribution in [1.82, 2.24) is 5.32 Å². The van der Waals surface area contributed by atoms with E-state index in [0.29, 0.717) is 28.8 Å². The molecule has 1 aliphatic carbocycles. The second kappa shape index (κ2) is 6.34. The zero-order valence-corrected chi connectivity index (χ0v) is 13.2. The molecule has 7 heteroatoms. The molecule has 0 saturated heterocycles. The molecule has 0 unspecified atom stereocenters. The lowest BCUT2D eigenvalue weighted by molar-refractivity contribution is -0.144. The van der Waals surface area contributed by atoms with Crippen LogP contribution < -0.4 is 15.4 Å². The molecule has 2 rings (SSSR count). The van der Waals surface area contributed by atoms with E-state index < -0.39 is 17.5 Å². The summed E-state index contributed by atoms with van der Waals surface area (Å²) in [5.41, 5.74) is -0.638. The van der Waals surface area contributed by atoms with E-state index in [1.165, 1.54) is 7.11 Å². The molecule has 0 bridgehead atoms. The fourth-order valence-electron chi connectivity index (χ4n) is 2.47. The van der Waals surface area contributed by atoms with Crippen molar-refractivity contribution < 1.29 is 19.4 Å². The number of halogens is 1. The van der Waals surface area contributed by atoms with Crippen LogP contribution in [0, 0.1) is 0 Å². The summed E-state index contributed by atoms with van der Waals surface area (Å²) in [6.07, 6.45) is 2.51. The van der Waals surface area contributed by atoms with E-state index in [0.717, 1.165) is 12.8 Å². The Morgan fingerprint density at radius 3 is 2.57 bits per heavy atom. The van der Waals surface area contributed by atoms with E-state index in [2.05, 4.69) is 26.6 Å². The Labute approximate surface area is 131 Å². The van der Waals surface area contributed by atoms with E-state index in [4.69, 9.17) is 4.74 Å². The van der Waals surface area contributed by atoms with Gasteiger partial charge in [-0.05, 0) is 40.9 Å². The van der Waals surface area contributed by atoms with Gasteiger partial charge in [0.2, 0.25) is 0 Å². The lowest BCUT2D eigenvalue weighted by Crippen LogP contribution is -2.53. The number of ether oxygens (including phenoxy) is 1. The fraction of sp³-hybridized carbons (Fsp3) is 0.429. The van der Waals surface area contributed by atoms with Gasteiger partial charge in [0.1, 0.15) is 11.3 Å². The number of carbonyl (C=O) groups excluding carboxylic acids is 1. The van der Waals surface area contributed by atoms with Crippen LogP contribution >= 0.6 is 15.9 Å². The summed E-state index contributed by atoms with van der Waals surface area (Å²) in [7, 11) is 1.53. The van der Waals surface area contributed by atoms with Crippen molar-refractivity contribution in [2.45, 2.75) is 31.2 Å². The monoisotopic (exact) mass is 356 g/mol. The molecule has 0 spiro atoms. The third kappa shape index (κ3) is 3.47. The number of hydrogen-bond acceptors (Lipinski definition) is 3. The summed E-state index contributed by atoms with van der Waals surface area (Å²) in [4.78, 5) is 23.5. The molecule has 0 aromatic heterocycles. The highest BCUT2D eigenvalue weighted by Crippen LogP contribution is 2.31. The third-order valence-corrected chi connectivity index (χ3v) is 4.33. The molecule has 114 valence electrons. The Hall–Kier alpha value is -1.76. The van der Waals surface area contributed by atoms with Crippen LogP contribution in [0.1, 0.15) is 25.7 Å². The first kappa shape index (κ1) is 15.6. The molecule has 6 nitrogen and oxygen atoms in total. The van der Waals surface area contributed by atoms with Crippen molar-refractivity contribution in [3.05, 3.63) is 22.7 Å². The predicted molar refractivity (Wildman–Crippen MR) is 81.7 cm³/mol. The first-order valence-corrected chi connectivity index (χ1v) is 7.42. The Bertz CT molecular complexity index is 556. The van der Waals surface area contributed by atoms with Crippen molar-refractivity contribution >= 4 is 33.6 Å². The number of aliphatic carboxylic acids is 1. The number of carboxylic acids is 1. The highest BCUT2D eigenvalue weighted by Gasteiger charge is 2.42. The lowest BCUT2D eigenvalue weighted by atomic mass is 9.98. The van der Waals surface area contributed by atoms with Gasteiger partial charge in [-0.2, -0.15) is 0 Å². The molecule has 1 aromatic rings. The number of methoxy groups -OCH3 is 1. The van der Waals surface area contributed by atoms with Crippen LogP contribution in [0.15, 0.2) is 22.7 Å². The van der Waals surface area contributed by atoms with E-state index in [-0.39, 0.29) is 0 Å². The van der Waals surface area contributed by atoms with E-state index in [9.17, 15) is 14.7 Å². The maximum absolute atomic E-state index is 12.1. The Kier molecular flexibility index (Phi) is 4.72. The van der Waals surface area contributed by atoms with Crippen LogP contribution in [0.4, 0.5) is 10.5 Å². The molecule has 1 fully saturated rings. The van der Waals surface area contributed by atoms with Crippen LogP contribution in [0.5, 0.6) is 5.75 Å². The predicted octanol–water partition coefficient (Wildman–Crippen LogP) is 2.98. The third-order valence-electron chi connectivity index (χ3n) is 3.64. The van der Waals surface area contributed by atoms with Crippen molar-refractivity contribution in [2.75, 3.05) is 12.4 Å². The second-order valence-corrected chi connectivity index (χ2v) is 5.87. The van der Waals surface area contributed by atoms with Gasteiger partial charge in [-0.1, -0.05) is 12.8 Å². The second-order valence-electron chi connectivity index (χ2n) is 5.02. The molecule has 21 heavy (non-hydrogen) atoms. The number of anilines is 1. The van der Waals surface area contributed by atoms with Crippen molar-refractivity contribution in [3.63, 3.8) is 0 Å². The van der Waals surface area contributed by atoms with Gasteiger partial charge < -0.3 is 20.5 Å². The van der Waals surface area contributed by atoms with Crippen LogP contribution in [0.3, 0.4) is 0 Å². The van der Waals surface area contributed by atoms with E-state index in [1.807, 2.05) is 0 Å². The van der Waals surface area contributed by atoms with Gasteiger partial charge in [-0.25, -0.2) is 9.59 Å². The van der Waals surface area contributed by atoms with Crippen LogP contribution in [-0.2, 0) is 4.79 Å². The van der Waals surface area contributed by atoms with Gasteiger partial charge in [0.15, 0.2) is 0 Å². The number of carboxylic acid groups (broad SMARTS) is 1. The van der Waals surface area contributed by atoms with Crippen molar-refractivity contribution in [2.24, 2.45) is 0 Å². The van der Waals surface area contributed by atoms with Crippen LogP contribution in [0.25, 0.3) is 0 Å². The lowest BCUT2D eigenvalue weighted by Gasteiger charge is -2.25. The minimum Gasteiger partial charge on any atom is -0.497 e. The van der Waals surface area contributed by atoms with Gasteiger partial charge in [-0.15, -0.1) is 0 Å². The number of urea groups is 1. The Balaban J connectivity index is 2.09. The van der Waals surface area contributed by atoms with E-state index in [1.54, 1.807) is 18.2 Å². The average molecular weight is 357 g/mol. The highest BCUT2D eigenvalue weighted by atomic mass is 79.9. The molecule has 3 N–H and O–H groups in total. The summed E-state index contributed by atoms with van der Waals surface area (Å²) >= 11 is 3.33. The molecular formula is C14H17BrN2O4. The quantitative estimate of drug-likeness (QED) is 0.773. The Morgan fingerprint density at radius 1 is 1.33 bits per heavy atom. The topological polar surface area (TPSA) is 87.7 Å². The number of hydrogen-bond donors (Lipinski definition) is 3. The number of benzene rings is 1. The molecule has 1 aliphatic rings. The smallest absolute Gasteiger partial charge is 0.329 e. The summed E-state index contributed by atoms with van der Waals surface area (Å²) in [6, 6.07) is 4.62. The minimum atomic E-state index is -1.16. The van der Waals surface area contributed by atoms with Crippen molar-refractivity contribution in [3.8, 4) is 5.75 Å². The van der Waals surface area contributed by atoms with Crippen LogP contribution in [-0.4, -0.2) is 29.8 Å². The standard InChI is InChI=1S/C14H17BrN2O4/c1-21-9-4-5-10(15)11(8-9)16-13(20)17-14(12(18)19)6-2-3-7-14/h4-5,8H,2-3,6-7H2,1H3,(H,18,19)(H2,16,17,20). The van der Waals surface area contributed by atoms with Gasteiger partial charge in [0.25, 0.3) is 0 Å². The van der Waals surface area contributed by atoms with Gasteiger partial charge in [-0.3, -0.25) is 0 Å². The first-order chi connectivity index (χ1) is 9.97. The highest BCUT2D eigenvalue weighted by molar-refractivity contribution is 9.10. The zero-order chi connectivity index (χ0) is 15.5. The number of amides is 2. The Morgan fingerprint density at radius 2 is 2.00 bits per heavy atom. The van der Waals surface area contributed by atoms with Crippen LogP contribution in [0.2, 0.25) is 0 Å². The summed E-state index contributed by atoms with van der Waals surface area (Å²) < 4.78 is 5.79. The summed E-state index contributed by atoms with van der Waals surface area (Å²) in [5.74, 6) is -0.387. The molecule has 0 heterocycles. The van der Waals surface area contributed by atoms with E-state index >= 15 is 0 Å². The molecule has 1 saturated carbocycles. The number of nitrogens with one attached hydrogen (secondary N) is 2. The number of carbonyl (C=O) groups is 2. The molecule has 1 aromatic carbocycles. The number of rotatable bonds is 4. The molecule has 2 amide bonds. The van der Waals surface area contributed by atoms with Crippen molar-refractivity contribution in [1.29, 1.82) is 0 Å². The zero-order valence-electron chi connectivity index (χ0n) is 11.6. The first-order valence-electron chi connectivity index (χ1n) is 6.63. The summed E-state index contributed by atoms with van der Waals surface area (Å²) in [6.45, 7) is 0. The summed E-state index contributed by atoms with van der Waals surface area (Å²) in [5, 5.41) is 14.6. The fourth-order valence-corrected chi connectivity index (χ4v) is 2.81. The van der Waals surface area contributed by atoms with Gasteiger partial charge >= 0.3 is 12.0 Å². The SMILES string of the molecule is COc1ccc(Br)c(NC(=O)NC2(C(=O)O)CCCC2)c1. The minimum absolute atomic E-state index is 0.453. The normalized spacial score (nSPS) is 16.3. The maximum Gasteiger partial charge on any atom is 0.329 e. The molecule has 0 aliphatic heterocycles. The van der Waals surface area contributed by atoms with Gasteiger partial charge in [0.05, 0.1) is 12.8 Å². The molecule has 0 radical (unpaired) electrons. The largest absolute Gasteiger partial charge is 0.497 e. The maximum atomic E-state index is 12.1. The molecular weight excluding hydrogens is 340 g/mol. The average Bonchev–Trinajstić information content (AvgIpc) is 2.91.